The van der Waals surface area contributed by atoms with E-state index in [1.807, 2.05) is 18.2 Å². The molecule has 140 valence electrons. The van der Waals surface area contributed by atoms with E-state index in [0.29, 0.717) is 12.3 Å². The topological polar surface area (TPSA) is 57.0 Å². The van der Waals surface area contributed by atoms with Gasteiger partial charge in [-0.1, -0.05) is 44.7 Å². The van der Waals surface area contributed by atoms with E-state index in [1.54, 1.807) is 6.07 Å². The lowest BCUT2D eigenvalue weighted by atomic mass is 10.1. The Morgan fingerprint density at radius 2 is 1.96 bits per heavy atom. The molecule has 5 heteroatoms. The maximum absolute atomic E-state index is 12.2. The minimum absolute atomic E-state index is 0.161. The monoisotopic (exact) mass is 348 g/mol. The van der Waals surface area contributed by atoms with Gasteiger partial charge in [-0.25, -0.2) is 0 Å². The third-order valence-electron chi connectivity index (χ3n) is 5.00. The van der Waals surface area contributed by atoms with Gasteiger partial charge in [0.2, 0.25) is 0 Å². The molecule has 1 atom stereocenters. The Morgan fingerprint density at radius 1 is 1.24 bits per heavy atom. The van der Waals surface area contributed by atoms with Gasteiger partial charge in [-0.3, -0.25) is 4.79 Å². The van der Waals surface area contributed by atoms with Crippen molar-refractivity contribution in [3.05, 3.63) is 24.3 Å². The predicted octanol–water partition coefficient (Wildman–Crippen LogP) is 1.57. The van der Waals surface area contributed by atoms with Crippen molar-refractivity contribution in [2.75, 3.05) is 37.6 Å². The first-order chi connectivity index (χ1) is 12.1. The van der Waals surface area contributed by atoms with E-state index >= 15 is 0 Å². The molecule has 1 aromatic carbocycles. The number of nitrogens with one attached hydrogen (secondary N) is 2. The number of piperazine rings is 1. The molecule has 1 fully saturated rings. The molecule has 25 heavy (non-hydrogen) atoms. The summed E-state index contributed by atoms with van der Waals surface area (Å²) in [5.74, 6) is 0.495. The Balaban J connectivity index is 1.67. The van der Waals surface area contributed by atoms with Gasteiger partial charge in [0.25, 0.3) is 5.91 Å². The lowest BCUT2D eigenvalue weighted by Gasteiger charge is -2.33. The summed E-state index contributed by atoms with van der Waals surface area (Å²) in [6.07, 6.45) is 6.06. The summed E-state index contributed by atoms with van der Waals surface area (Å²) >= 11 is 0. The van der Waals surface area contributed by atoms with E-state index < -0.39 is 0 Å². The number of amides is 1. The average molecular weight is 349 g/mol. The molecule has 0 bridgehead atoms. The molecule has 0 aliphatic carbocycles. The lowest BCUT2D eigenvalue weighted by Crippen LogP contribution is -3.16. The molecular weight excluding hydrogens is 314 g/mol. The summed E-state index contributed by atoms with van der Waals surface area (Å²) in [6.45, 7) is 8.45. The number of unbranched alkanes of at least 4 members (excludes halogenated alkanes) is 3. The van der Waals surface area contributed by atoms with E-state index in [9.17, 15) is 9.90 Å². The van der Waals surface area contributed by atoms with Crippen molar-refractivity contribution in [3.8, 4) is 5.75 Å². The number of aromatic hydroxyl groups is 1. The molecule has 1 aliphatic heterocycles. The summed E-state index contributed by atoms with van der Waals surface area (Å²) in [7, 11) is 0. The van der Waals surface area contributed by atoms with Crippen molar-refractivity contribution in [2.45, 2.75) is 52.0 Å². The van der Waals surface area contributed by atoms with Crippen LogP contribution < -0.4 is 15.1 Å². The summed E-state index contributed by atoms with van der Waals surface area (Å²) in [5, 5.41) is 13.1. The summed E-state index contributed by atoms with van der Waals surface area (Å²) in [5.41, 5.74) is 0.895. The van der Waals surface area contributed by atoms with Crippen molar-refractivity contribution in [1.29, 1.82) is 0 Å². The minimum Gasteiger partial charge on any atom is -0.506 e. The van der Waals surface area contributed by atoms with Crippen LogP contribution in [0.5, 0.6) is 5.75 Å². The number of carbonyl (C=O) groups excluding carboxylic acids is 1. The minimum atomic E-state index is 0.161. The van der Waals surface area contributed by atoms with Crippen LogP contribution in [0.3, 0.4) is 0 Å². The molecule has 1 heterocycles. The highest BCUT2D eigenvalue weighted by Crippen LogP contribution is 2.25. The van der Waals surface area contributed by atoms with Crippen LogP contribution >= 0.6 is 0 Å². The van der Waals surface area contributed by atoms with Crippen LogP contribution in [-0.4, -0.2) is 49.8 Å². The molecule has 1 aromatic rings. The first kappa shape index (κ1) is 19.6. The molecule has 0 spiro atoms. The molecule has 0 saturated carbocycles. The van der Waals surface area contributed by atoms with Crippen LogP contribution in [0.1, 0.15) is 46.0 Å². The summed E-state index contributed by atoms with van der Waals surface area (Å²) in [6, 6.07) is 7.74. The second-order valence-electron chi connectivity index (χ2n) is 7.22. The molecule has 1 saturated heterocycles. The first-order valence-corrected chi connectivity index (χ1v) is 9.76. The molecule has 1 aliphatic rings. The highest BCUT2D eigenvalue weighted by molar-refractivity contribution is 5.77. The van der Waals surface area contributed by atoms with Gasteiger partial charge >= 0.3 is 0 Å². The van der Waals surface area contributed by atoms with E-state index in [0.717, 1.165) is 38.3 Å². The Hall–Kier alpha value is -1.75. The number of nitrogens with zero attached hydrogens (tertiary/aromatic N) is 1. The lowest BCUT2D eigenvalue weighted by molar-refractivity contribution is -0.892. The molecule has 3 N–H and O–H groups in total. The number of hydrogen-bond donors (Lipinski definition) is 3. The normalized spacial score (nSPS) is 16.6. The van der Waals surface area contributed by atoms with Gasteiger partial charge in [0, 0.05) is 6.04 Å². The Kier molecular flexibility index (Phi) is 8.06. The summed E-state index contributed by atoms with van der Waals surface area (Å²) < 4.78 is 0. The van der Waals surface area contributed by atoms with Crippen LogP contribution in [-0.2, 0) is 4.79 Å². The van der Waals surface area contributed by atoms with Crippen LogP contribution in [0, 0.1) is 0 Å². The van der Waals surface area contributed by atoms with E-state index in [4.69, 9.17) is 0 Å². The quantitative estimate of drug-likeness (QED) is 0.594. The van der Waals surface area contributed by atoms with Crippen LogP contribution in [0.4, 0.5) is 5.69 Å². The van der Waals surface area contributed by atoms with Crippen molar-refractivity contribution in [3.63, 3.8) is 0 Å². The zero-order chi connectivity index (χ0) is 18.1. The third kappa shape index (κ3) is 6.58. The highest BCUT2D eigenvalue weighted by Gasteiger charge is 2.23. The molecule has 5 nitrogen and oxygen atoms in total. The van der Waals surface area contributed by atoms with Crippen LogP contribution in [0.2, 0.25) is 0 Å². The summed E-state index contributed by atoms with van der Waals surface area (Å²) in [4.78, 5) is 15.8. The van der Waals surface area contributed by atoms with Gasteiger partial charge in [-0.15, -0.1) is 0 Å². The number of rotatable bonds is 9. The molecule has 0 radical (unpaired) electrons. The number of phenols is 1. The van der Waals surface area contributed by atoms with Crippen molar-refractivity contribution in [2.24, 2.45) is 0 Å². The largest absolute Gasteiger partial charge is 0.506 e. The van der Waals surface area contributed by atoms with Gasteiger partial charge in [0.1, 0.15) is 5.75 Å². The third-order valence-corrected chi connectivity index (χ3v) is 5.00. The molecule has 2 rings (SSSR count). The number of carbonyl (C=O) groups is 1. The van der Waals surface area contributed by atoms with Crippen molar-refractivity contribution >= 4 is 11.6 Å². The number of quaternary nitrogens is 1. The molecule has 0 unspecified atom stereocenters. The number of phenolic OH excluding ortho intramolecular Hbond substituents is 1. The second-order valence-corrected chi connectivity index (χ2v) is 7.22. The number of anilines is 1. The van der Waals surface area contributed by atoms with Gasteiger partial charge in [-0.05, 0) is 25.5 Å². The fraction of sp³-hybridized carbons (Fsp3) is 0.650. The fourth-order valence-electron chi connectivity index (χ4n) is 3.47. The zero-order valence-electron chi connectivity index (χ0n) is 15.8. The van der Waals surface area contributed by atoms with E-state index in [1.165, 1.54) is 30.6 Å². The predicted molar refractivity (Wildman–Crippen MR) is 102 cm³/mol. The Morgan fingerprint density at radius 3 is 2.64 bits per heavy atom. The number of hydrogen-bond acceptors (Lipinski definition) is 3. The maximum atomic E-state index is 12.2. The number of benzene rings is 1. The van der Waals surface area contributed by atoms with E-state index in [2.05, 4.69) is 24.1 Å². The van der Waals surface area contributed by atoms with Crippen LogP contribution in [0.15, 0.2) is 24.3 Å². The standard InChI is InChI=1S/C20H33N3O2/c1-3-4-5-6-9-17(2)21-20(25)16-22-12-14-23(15-13-22)18-10-7-8-11-19(18)24/h7-8,10-11,17,24H,3-6,9,12-16H2,1-2H3,(H,21,25)/p+1/t17-/m1/s1. The first-order valence-electron chi connectivity index (χ1n) is 9.76. The molecular formula is C20H34N3O2+. The zero-order valence-corrected chi connectivity index (χ0v) is 15.8. The fourth-order valence-corrected chi connectivity index (χ4v) is 3.47. The molecule has 1 amide bonds. The van der Waals surface area contributed by atoms with Gasteiger partial charge in [0.15, 0.2) is 6.54 Å². The highest BCUT2D eigenvalue weighted by atomic mass is 16.3. The molecule has 0 aromatic heterocycles. The van der Waals surface area contributed by atoms with Gasteiger partial charge in [-0.2, -0.15) is 0 Å². The number of para-hydroxylation sites is 2. The average Bonchev–Trinajstić information content (AvgIpc) is 2.60. The Labute approximate surface area is 152 Å². The second kappa shape index (κ2) is 10.3. The van der Waals surface area contributed by atoms with Crippen molar-refractivity contribution < 1.29 is 14.8 Å². The Bertz CT molecular complexity index is 527. The van der Waals surface area contributed by atoms with E-state index in [-0.39, 0.29) is 11.9 Å². The van der Waals surface area contributed by atoms with Crippen LogP contribution in [0.25, 0.3) is 0 Å². The van der Waals surface area contributed by atoms with Gasteiger partial charge < -0.3 is 20.2 Å². The SMILES string of the molecule is CCCCCC[C@@H](C)NC(=O)C[NH+]1CCN(c2ccccc2O)CC1. The van der Waals surface area contributed by atoms with Gasteiger partial charge in [0.05, 0.1) is 31.9 Å². The maximum Gasteiger partial charge on any atom is 0.275 e. The van der Waals surface area contributed by atoms with Crippen molar-refractivity contribution in [1.82, 2.24) is 5.32 Å². The smallest absolute Gasteiger partial charge is 0.275 e.